The van der Waals surface area contributed by atoms with Gasteiger partial charge in [-0.1, -0.05) is 56.3 Å². The fourth-order valence-corrected chi connectivity index (χ4v) is 3.20. The molecule has 0 aromatic heterocycles. The van der Waals surface area contributed by atoms with Gasteiger partial charge in [-0.15, -0.1) is 0 Å². The first-order chi connectivity index (χ1) is 12.7. The van der Waals surface area contributed by atoms with E-state index in [4.69, 9.17) is 14.2 Å². The van der Waals surface area contributed by atoms with Gasteiger partial charge in [0.2, 0.25) is 0 Å². The maximum Gasteiger partial charge on any atom is 0.135 e. The summed E-state index contributed by atoms with van der Waals surface area (Å²) >= 11 is 0. The zero-order valence-electron chi connectivity index (χ0n) is 16.0. The maximum absolute atomic E-state index is 6.19. The zero-order chi connectivity index (χ0) is 18.4. The fraction of sp³-hybridized carbons (Fsp3) is 0.391. The van der Waals surface area contributed by atoms with E-state index in [0.29, 0.717) is 32.3 Å². The van der Waals surface area contributed by atoms with Crippen molar-refractivity contribution in [2.45, 2.75) is 26.7 Å². The number of rotatable bonds is 9. The van der Waals surface area contributed by atoms with Crippen LogP contribution in [0.4, 0.5) is 0 Å². The number of benzene rings is 1. The van der Waals surface area contributed by atoms with E-state index < -0.39 is 0 Å². The van der Waals surface area contributed by atoms with Gasteiger partial charge in [-0.2, -0.15) is 0 Å². The van der Waals surface area contributed by atoms with E-state index in [-0.39, 0.29) is 0 Å². The molecule has 2 aliphatic rings. The van der Waals surface area contributed by atoms with Gasteiger partial charge in [0.1, 0.15) is 12.4 Å². The van der Waals surface area contributed by atoms with Crippen LogP contribution in [-0.2, 0) is 9.47 Å². The molecular weight excluding hydrogens is 324 g/mol. The molecule has 138 valence electrons. The quantitative estimate of drug-likeness (QED) is 0.476. The van der Waals surface area contributed by atoms with Gasteiger partial charge in [-0.25, -0.2) is 0 Å². The molecule has 0 radical (unpaired) electrons. The maximum atomic E-state index is 6.19. The molecule has 3 rings (SSSR count). The van der Waals surface area contributed by atoms with Crippen molar-refractivity contribution in [3.05, 3.63) is 54.1 Å². The van der Waals surface area contributed by atoms with E-state index in [1.165, 1.54) is 22.1 Å². The zero-order valence-corrected chi connectivity index (χ0v) is 16.0. The molecule has 0 fully saturated rings. The van der Waals surface area contributed by atoms with E-state index >= 15 is 0 Å². The molecular formula is C23H28O3. The van der Waals surface area contributed by atoms with Crippen molar-refractivity contribution in [3.63, 3.8) is 0 Å². The highest BCUT2D eigenvalue weighted by molar-refractivity contribution is 6.08. The smallest absolute Gasteiger partial charge is 0.135 e. The summed E-state index contributed by atoms with van der Waals surface area (Å²) in [7, 11) is 0. The summed E-state index contributed by atoms with van der Waals surface area (Å²) < 4.78 is 17.1. The minimum atomic E-state index is 0.471. The summed E-state index contributed by atoms with van der Waals surface area (Å²) in [5.74, 6) is 1.43. The molecule has 1 aromatic rings. The average Bonchev–Trinajstić information content (AvgIpc) is 2.80. The highest BCUT2D eigenvalue weighted by atomic mass is 16.5. The van der Waals surface area contributed by atoms with E-state index in [2.05, 4.69) is 62.4 Å². The van der Waals surface area contributed by atoms with Crippen LogP contribution >= 0.6 is 0 Å². The number of hydrogen-bond acceptors (Lipinski definition) is 3. The minimum Gasteiger partial charge on any atom is -0.490 e. The van der Waals surface area contributed by atoms with Crippen LogP contribution in [0.15, 0.2) is 48.5 Å². The minimum absolute atomic E-state index is 0.471. The van der Waals surface area contributed by atoms with Crippen molar-refractivity contribution in [1.29, 1.82) is 0 Å². The molecule has 0 spiro atoms. The van der Waals surface area contributed by atoms with Gasteiger partial charge < -0.3 is 14.2 Å². The molecule has 0 saturated carbocycles. The standard InChI is InChI=1S/C23H28O3/c1-4-24-12-13-25-14-15-26-23-21-10-6-5-9-19(21)20-11-7-8-18(17(2)3)16-22(20)23/h5-11,16-17H,4,12-15H2,1-3H3. The molecule has 2 aliphatic carbocycles. The van der Waals surface area contributed by atoms with Crippen molar-refractivity contribution < 1.29 is 14.2 Å². The second-order valence-electron chi connectivity index (χ2n) is 6.68. The Hall–Kier alpha value is -2.10. The second-order valence-corrected chi connectivity index (χ2v) is 6.68. The second kappa shape index (κ2) is 9.02. The summed E-state index contributed by atoms with van der Waals surface area (Å²) in [6.45, 7) is 9.47. The third-order valence-electron chi connectivity index (χ3n) is 4.58. The monoisotopic (exact) mass is 352 g/mol. The molecule has 0 atom stereocenters. The van der Waals surface area contributed by atoms with Gasteiger partial charge >= 0.3 is 0 Å². The summed E-state index contributed by atoms with van der Waals surface area (Å²) in [6.07, 6.45) is 0. The number of hydrogen-bond donors (Lipinski definition) is 0. The summed E-state index contributed by atoms with van der Waals surface area (Å²) in [4.78, 5) is 0. The predicted molar refractivity (Wildman–Crippen MR) is 107 cm³/mol. The van der Waals surface area contributed by atoms with Crippen molar-refractivity contribution in [1.82, 2.24) is 0 Å². The lowest BCUT2D eigenvalue weighted by Gasteiger charge is -2.09. The van der Waals surface area contributed by atoms with Crippen LogP contribution in [0.3, 0.4) is 0 Å². The normalized spacial score (nSPS) is 11.5. The Morgan fingerprint density at radius 1 is 0.769 bits per heavy atom. The van der Waals surface area contributed by atoms with Crippen LogP contribution in [0, 0.1) is 0 Å². The van der Waals surface area contributed by atoms with Crippen LogP contribution in [0.1, 0.15) is 32.3 Å². The molecule has 0 N–H and O–H groups in total. The lowest BCUT2D eigenvalue weighted by atomic mass is 10.0. The third kappa shape index (κ3) is 4.17. The molecule has 0 saturated heterocycles. The molecule has 0 bridgehead atoms. The van der Waals surface area contributed by atoms with Crippen molar-refractivity contribution in [2.75, 3.05) is 33.0 Å². The van der Waals surface area contributed by atoms with Gasteiger partial charge in [0.25, 0.3) is 0 Å². The Morgan fingerprint density at radius 3 is 2.27 bits per heavy atom. The summed E-state index contributed by atoms with van der Waals surface area (Å²) in [5, 5.41) is 2.40. The SMILES string of the molecule is CCOCCOCCOc1c2cc(C(C)C)cccc-2c2ccccc12. The number of ether oxygens (including phenoxy) is 3. The first-order valence-electron chi connectivity index (χ1n) is 9.45. The molecule has 3 heteroatoms. The topological polar surface area (TPSA) is 27.7 Å². The van der Waals surface area contributed by atoms with Crippen LogP contribution in [0.2, 0.25) is 0 Å². The average molecular weight is 352 g/mol. The van der Waals surface area contributed by atoms with Gasteiger partial charge in [0, 0.05) is 17.6 Å². The van der Waals surface area contributed by atoms with Gasteiger partial charge in [-0.05, 0) is 35.4 Å². The Morgan fingerprint density at radius 2 is 1.50 bits per heavy atom. The van der Waals surface area contributed by atoms with Crippen molar-refractivity contribution in [2.24, 2.45) is 0 Å². The Balaban J connectivity index is 1.84. The molecule has 0 unspecified atom stereocenters. The molecule has 26 heavy (non-hydrogen) atoms. The highest BCUT2D eigenvalue weighted by Gasteiger charge is 2.18. The molecule has 0 heterocycles. The van der Waals surface area contributed by atoms with Crippen molar-refractivity contribution in [3.8, 4) is 16.9 Å². The van der Waals surface area contributed by atoms with E-state index in [9.17, 15) is 0 Å². The number of fused-ring (bicyclic) bond motifs is 3. The first kappa shape index (κ1) is 18.7. The van der Waals surface area contributed by atoms with Gasteiger partial charge in [0.15, 0.2) is 0 Å². The van der Waals surface area contributed by atoms with Crippen molar-refractivity contribution >= 4 is 10.8 Å². The third-order valence-corrected chi connectivity index (χ3v) is 4.58. The Bertz CT molecular complexity index is 810. The van der Waals surface area contributed by atoms with E-state index in [1.807, 2.05) is 6.92 Å². The molecule has 3 nitrogen and oxygen atoms in total. The summed E-state index contributed by atoms with van der Waals surface area (Å²) in [6, 6.07) is 17.2. The Kier molecular flexibility index (Phi) is 6.48. The van der Waals surface area contributed by atoms with Crippen LogP contribution < -0.4 is 4.74 Å². The summed E-state index contributed by atoms with van der Waals surface area (Å²) in [5.41, 5.74) is 3.72. The van der Waals surface area contributed by atoms with Crippen LogP contribution in [0.25, 0.3) is 21.9 Å². The molecule has 0 amide bonds. The van der Waals surface area contributed by atoms with E-state index in [0.717, 1.165) is 17.7 Å². The largest absolute Gasteiger partial charge is 0.490 e. The lowest BCUT2D eigenvalue weighted by molar-refractivity contribution is 0.0407. The molecule has 1 aromatic carbocycles. The fourth-order valence-electron chi connectivity index (χ4n) is 3.20. The van der Waals surface area contributed by atoms with Gasteiger partial charge in [0.05, 0.1) is 19.8 Å². The van der Waals surface area contributed by atoms with Crippen LogP contribution in [0.5, 0.6) is 5.75 Å². The molecule has 0 aliphatic heterocycles. The first-order valence-corrected chi connectivity index (χ1v) is 9.45. The Labute approximate surface area is 156 Å². The lowest BCUT2D eigenvalue weighted by Crippen LogP contribution is -2.10. The highest BCUT2D eigenvalue weighted by Crippen LogP contribution is 2.44. The van der Waals surface area contributed by atoms with E-state index in [1.54, 1.807) is 0 Å². The predicted octanol–water partition coefficient (Wildman–Crippen LogP) is 5.50. The van der Waals surface area contributed by atoms with Crippen LogP contribution in [-0.4, -0.2) is 33.0 Å². The van der Waals surface area contributed by atoms with Gasteiger partial charge in [-0.3, -0.25) is 0 Å².